The van der Waals surface area contributed by atoms with E-state index in [1.807, 2.05) is 31.2 Å². The van der Waals surface area contributed by atoms with Crippen LogP contribution < -0.4 is 16.2 Å². The fraction of sp³-hybridized carbons (Fsp3) is 0.333. The first-order valence-electron chi connectivity index (χ1n) is 5.64. The topological polar surface area (TPSA) is 101 Å². The van der Waals surface area contributed by atoms with Gasteiger partial charge in [-0.3, -0.25) is 10.3 Å². The van der Waals surface area contributed by atoms with Crippen molar-refractivity contribution in [1.29, 1.82) is 5.41 Å². The molecule has 98 valence electrons. The maximum Gasteiger partial charge on any atom is 0.198 e. The van der Waals surface area contributed by atoms with Gasteiger partial charge in [0.1, 0.15) is 5.75 Å². The molecule has 0 aliphatic carbocycles. The van der Waals surface area contributed by atoms with Gasteiger partial charge in [0.05, 0.1) is 13.2 Å². The van der Waals surface area contributed by atoms with Crippen LogP contribution in [-0.2, 0) is 6.54 Å². The van der Waals surface area contributed by atoms with Crippen LogP contribution in [0.5, 0.6) is 5.75 Å². The van der Waals surface area contributed by atoms with Crippen molar-refractivity contribution >= 4 is 11.9 Å². The van der Waals surface area contributed by atoms with Crippen LogP contribution in [0.15, 0.2) is 29.3 Å². The molecule has 0 fully saturated rings. The normalized spacial score (nSPS) is 11.1. The van der Waals surface area contributed by atoms with Gasteiger partial charge in [0.2, 0.25) is 0 Å². The number of nitrogens with one attached hydrogen (secondary N) is 1. The van der Waals surface area contributed by atoms with Crippen molar-refractivity contribution < 1.29 is 4.74 Å². The quantitative estimate of drug-likeness (QED) is 0.540. The second-order valence-electron chi connectivity index (χ2n) is 3.70. The van der Waals surface area contributed by atoms with E-state index < -0.39 is 0 Å². The zero-order chi connectivity index (χ0) is 13.5. The second kappa shape index (κ2) is 6.48. The third-order valence-corrected chi connectivity index (χ3v) is 2.36. The van der Waals surface area contributed by atoms with Crippen molar-refractivity contribution in [3.63, 3.8) is 0 Å². The van der Waals surface area contributed by atoms with E-state index in [1.165, 1.54) is 4.90 Å². The Labute approximate surface area is 107 Å². The summed E-state index contributed by atoms with van der Waals surface area (Å²) in [5.41, 5.74) is 12.0. The number of nitrogens with two attached hydrogens (primary N) is 2. The Balaban J connectivity index is 2.62. The molecule has 0 atom stereocenters. The van der Waals surface area contributed by atoms with Crippen LogP contribution in [0, 0.1) is 5.41 Å². The van der Waals surface area contributed by atoms with Crippen LogP contribution in [0.2, 0.25) is 0 Å². The van der Waals surface area contributed by atoms with Crippen LogP contribution in [0.3, 0.4) is 0 Å². The molecule has 0 bridgehead atoms. The van der Waals surface area contributed by atoms with Gasteiger partial charge in [-0.15, -0.1) is 0 Å². The van der Waals surface area contributed by atoms with E-state index in [9.17, 15) is 0 Å². The number of ether oxygens (including phenoxy) is 1. The molecule has 0 unspecified atom stereocenters. The van der Waals surface area contributed by atoms with Gasteiger partial charge in [0, 0.05) is 7.05 Å². The highest BCUT2D eigenvalue weighted by molar-refractivity contribution is 5.95. The third kappa shape index (κ3) is 3.97. The van der Waals surface area contributed by atoms with E-state index in [1.54, 1.807) is 7.05 Å². The van der Waals surface area contributed by atoms with Gasteiger partial charge >= 0.3 is 0 Å². The number of rotatable bonds is 4. The lowest BCUT2D eigenvalue weighted by atomic mass is 10.2. The molecular weight excluding hydrogens is 230 g/mol. The molecule has 0 saturated heterocycles. The smallest absolute Gasteiger partial charge is 0.198 e. The van der Waals surface area contributed by atoms with Crippen molar-refractivity contribution in [3.8, 4) is 5.75 Å². The fourth-order valence-corrected chi connectivity index (χ4v) is 1.26. The molecular formula is C12H19N5O. The van der Waals surface area contributed by atoms with Crippen molar-refractivity contribution in [1.82, 2.24) is 4.90 Å². The van der Waals surface area contributed by atoms with Crippen molar-refractivity contribution in [2.75, 3.05) is 13.7 Å². The molecule has 0 radical (unpaired) electrons. The monoisotopic (exact) mass is 249 g/mol. The molecule has 6 heteroatoms. The van der Waals surface area contributed by atoms with E-state index in [4.69, 9.17) is 21.6 Å². The van der Waals surface area contributed by atoms with E-state index >= 15 is 0 Å². The molecule has 18 heavy (non-hydrogen) atoms. The maximum absolute atomic E-state index is 7.21. The lowest BCUT2D eigenvalue weighted by Crippen LogP contribution is -2.42. The predicted molar refractivity (Wildman–Crippen MR) is 72.6 cm³/mol. The summed E-state index contributed by atoms with van der Waals surface area (Å²) in [5, 5.41) is 7.21. The molecule has 0 saturated carbocycles. The Hall–Kier alpha value is -2.24. The number of aliphatic imine (C=N–C) groups is 1. The molecule has 0 amide bonds. The minimum atomic E-state index is -0.136. The number of benzene rings is 1. The second-order valence-corrected chi connectivity index (χ2v) is 3.70. The highest BCUT2D eigenvalue weighted by atomic mass is 16.5. The van der Waals surface area contributed by atoms with Crippen molar-refractivity contribution in [3.05, 3.63) is 29.8 Å². The number of hydrogen-bond acceptors (Lipinski definition) is 3. The Bertz CT molecular complexity index is 427. The Kier molecular flexibility index (Phi) is 4.98. The van der Waals surface area contributed by atoms with Gasteiger partial charge in [-0.1, -0.05) is 12.1 Å². The Morgan fingerprint density at radius 3 is 2.44 bits per heavy atom. The van der Waals surface area contributed by atoms with Gasteiger partial charge in [-0.2, -0.15) is 0 Å². The Morgan fingerprint density at radius 1 is 1.33 bits per heavy atom. The largest absolute Gasteiger partial charge is 0.494 e. The summed E-state index contributed by atoms with van der Waals surface area (Å²) >= 11 is 0. The lowest BCUT2D eigenvalue weighted by Gasteiger charge is -2.14. The predicted octanol–water partition coefficient (Wildman–Crippen LogP) is 0.725. The number of hydrogen-bond donors (Lipinski definition) is 3. The standard InChI is InChI=1S/C12H19N5O/c1-3-18-10-6-4-9(5-7-10)8-16-12(15)17(2)11(13)14/h4-7H,3,8H2,1-2H3,(H3,13,14)(H2,15,16). The average molecular weight is 249 g/mol. The minimum absolute atomic E-state index is 0.136. The summed E-state index contributed by atoms with van der Waals surface area (Å²) in [4.78, 5) is 5.46. The van der Waals surface area contributed by atoms with Crippen LogP contribution in [0.1, 0.15) is 12.5 Å². The molecule has 1 rings (SSSR count). The first kappa shape index (κ1) is 13.8. The summed E-state index contributed by atoms with van der Waals surface area (Å²) in [6, 6.07) is 7.63. The third-order valence-electron chi connectivity index (χ3n) is 2.36. The molecule has 0 spiro atoms. The van der Waals surface area contributed by atoms with Crippen molar-refractivity contribution in [2.24, 2.45) is 16.5 Å². The lowest BCUT2D eigenvalue weighted by molar-refractivity contribution is 0.340. The molecule has 0 aliphatic rings. The zero-order valence-electron chi connectivity index (χ0n) is 10.7. The molecule has 1 aromatic carbocycles. The van der Waals surface area contributed by atoms with Gasteiger partial charge in [-0.05, 0) is 24.6 Å². The van der Waals surface area contributed by atoms with Crippen LogP contribution >= 0.6 is 0 Å². The van der Waals surface area contributed by atoms with Crippen LogP contribution in [0.4, 0.5) is 0 Å². The number of guanidine groups is 2. The van der Waals surface area contributed by atoms with E-state index in [2.05, 4.69) is 4.99 Å². The van der Waals surface area contributed by atoms with Gasteiger partial charge in [-0.25, -0.2) is 4.99 Å². The molecule has 0 heterocycles. The highest BCUT2D eigenvalue weighted by Crippen LogP contribution is 2.12. The highest BCUT2D eigenvalue weighted by Gasteiger charge is 2.03. The molecule has 0 aromatic heterocycles. The van der Waals surface area contributed by atoms with Gasteiger partial charge < -0.3 is 16.2 Å². The van der Waals surface area contributed by atoms with E-state index in [0.29, 0.717) is 13.2 Å². The SMILES string of the molecule is CCOc1ccc(CN=C(N)N(C)C(=N)N)cc1. The summed E-state index contributed by atoms with van der Waals surface area (Å²) in [5.74, 6) is 0.915. The minimum Gasteiger partial charge on any atom is -0.494 e. The fourth-order valence-electron chi connectivity index (χ4n) is 1.26. The molecule has 5 N–H and O–H groups in total. The molecule has 6 nitrogen and oxygen atoms in total. The first-order valence-corrected chi connectivity index (χ1v) is 5.64. The zero-order valence-corrected chi connectivity index (χ0v) is 10.7. The molecule has 1 aromatic rings. The van der Waals surface area contributed by atoms with Crippen LogP contribution in [-0.4, -0.2) is 30.5 Å². The maximum atomic E-state index is 7.21. The number of nitrogens with zero attached hydrogens (tertiary/aromatic N) is 2. The summed E-state index contributed by atoms with van der Waals surface area (Å²) in [6.45, 7) is 3.03. The van der Waals surface area contributed by atoms with E-state index in [0.717, 1.165) is 11.3 Å². The summed E-state index contributed by atoms with van der Waals surface area (Å²) < 4.78 is 5.34. The van der Waals surface area contributed by atoms with Crippen molar-refractivity contribution in [2.45, 2.75) is 13.5 Å². The van der Waals surface area contributed by atoms with E-state index in [-0.39, 0.29) is 11.9 Å². The summed E-state index contributed by atoms with van der Waals surface area (Å²) in [6.07, 6.45) is 0. The Morgan fingerprint density at radius 2 is 1.94 bits per heavy atom. The van der Waals surface area contributed by atoms with Gasteiger partial charge in [0.15, 0.2) is 11.9 Å². The van der Waals surface area contributed by atoms with Crippen LogP contribution in [0.25, 0.3) is 0 Å². The average Bonchev–Trinajstić information content (AvgIpc) is 2.37. The summed E-state index contributed by atoms with van der Waals surface area (Å²) in [7, 11) is 1.60. The van der Waals surface area contributed by atoms with Gasteiger partial charge in [0.25, 0.3) is 0 Å². The molecule has 0 aliphatic heterocycles. The first-order chi connectivity index (χ1) is 8.54.